The number of nitrogens with one attached hydrogen (secondary N) is 1. The number of ether oxygens (including phenoxy) is 1. The van der Waals surface area contributed by atoms with E-state index in [4.69, 9.17) is 16.3 Å². The van der Waals surface area contributed by atoms with Gasteiger partial charge in [-0.3, -0.25) is 9.48 Å². The summed E-state index contributed by atoms with van der Waals surface area (Å²) in [5.41, 5.74) is 2.35. The smallest absolute Gasteiger partial charge is 0.258 e. The molecule has 2 aromatic heterocycles. The zero-order valence-corrected chi connectivity index (χ0v) is 14.4. The first-order valence-electron chi connectivity index (χ1n) is 7.53. The van der Waals surface area contributed by atoms with Crippen molar-refractivity contribution in [3.63, 3.8) is 0 Å². The molecule has 0 saturated heterocycles. The molecule has 2 heterocycles. The molecule has 0 aliphatic carbocycles. The van der Waals surface area contributed by atoms with Crippen molar-refractivity contribution >= 4 is 34.2 Å². The number of carbonyl (C=O) groups is 1. The molecule has 0 fully saturated rings. The number of aryl methyl sites for hydroxylation is 2. The van der Waals surface area contributed by atoms with Crippen LogP contribution in [-0.2, 0) is 7.05 Å². The minimum absolute atomic E-state index is 0.314. The Morgan fingerprint density at radius 3 is 2.71 bits per heavy atom. The molecule has 0 saturated carbocycles. The fourth-order valence-corrected chi connectivity index (χ4v) is 2.88. The van der Waals surface area contributed by atoms with Crippen LogP contribution in [0.5, 0.6) is 5.75 Å². The number of hydrogen-bond donors (Lipinski definition) is 1. The van der Waals surface area contributed by atoms with Crippen LogP contribution in [0.4, 0.5) is 5.69 Å². The van der Waals surface area contributed by atoms with E-state index in [2.05, 4.69) is 15.4 Å². The van der Waals surface area contributed by atoms with E-state index >= 15 is 0 Å². The Morgan fingerprint density at radius 2 is 2.04 bits per heavy atom. The number of nitrogens with zero attached hydrogens (tertiary/aromatic N) is 3. The maximum absolute atomic E-state index is 12.5. The lowest BCUT2D eigenvalue weighted by Crippen LogP contribution is -2.13. The summed E-state index contributed by atoms with van der Waals surface area (Å²) in [5, 5.41) is 8.15. The molecule has 0 aliphatic rings. The summed E-state index contributed by atoms with van der Waals surface area (Å²) in [6, 6.07) is 7.15. The van der Waals surface area contributed by atoms with Crippen LogP contribution in [0.2, 0.25) is 5.02 Å². The molecule has 0 aliphatic heterocycles. The largest absolute Gasteiger partial charge is 0.494 e. The molecular weight excluding hydrogens is 328 g/mol. The molecule has 1 N–H and O–H groups in total. The maximum atomic E-state index is 12.5. The fraction of sp³-hybridized carbons (Fsp3) is 0.235. The van der Waals surface area contributed by atoms with Crippen LogP contribution in [0.1, 0.15) is 23.0 Å². The molecule has 124 valence electrons. The average Bonchev–Trinajstić information content (AvgIpc) is 2.85. The third kappa shape index (κ3) is 2.92. The Kier molecular flexibility index (Phi) is 4.40. The molecule has 3 rings (SSSR count). The molecule has 24 heavy (non-hydrogen) atoms. The predicted molar refractivity (Wildman–Crippen MR) is 93.8 cm³/mol. The Morgan fingerprint density at radius 1 is 1.33 bits per heavy atom. The summed E-state index contributed by atoms with van der Waals surface area (Å²) >= 11 is 6.41. The van der Waals surface area contributed by atoms with E-state index in [1.54, 1.807) is 36.0 Å². The van der Waals surface area contributed by atoms with Gasteiger partial charge in [0.05, 0.1) is 28.3 Å². The number of hydrogen-bond acceptors (Lipinski definition) is 4. The van der Waals surface area contributed by atoms with Crippen molar-refractivity contribution in [3.05, 3.63) is 46.7 Å². The van der Waals surface area contributed by atoms with Crippen LogP contribution in [0.15, 0.2) is 30.5 Å². The van der Waals surface area contributed by atoms with Gasteiger partial charge in [-0.25, -0.2) is 4.98 Å². The molecular formula is C17H17ClN4O2. The van der Waals surface area contributed by atoms with Gasteiger partial charge in [0.25, 0.3) is 5.91 Å². The highest BCUT2D eigenvalue weighted by atomic mass is 35.5. The van der Waals surface area contributed by atoms with E-state index in [9.17, 15) is 4.79 Å². The molecule has 1 amide bonds. The Balaban J connectivity index is 1.88. The second-order valence-electron chi connectivity index (χ2n) is 5.30. The Labute approximate surface area is 144 Å². The summed E-state index contributed by atoms with van der Waals surface area (Å²) < 4.78 is 7.02. The van der Waals surface area contributed by atoms with E-state index in [1.165, 1.54) is 6.20 Å². The highest BCUT2D eigenvalue weighted by Gasteiger charge is 2.18. The second kappa shape index (κ2) is 6.49. The minimum atomic E-state index is -0.318. The van der Waals surface area contributed by atoms with Crippen molar-refractivity contribution in [1.29, 1.82) is 0 Å². The van der Waals surface area contributed by atoms with Gasteiger partial charge in [0.15, 0.2) is 5.65 Å². The van der Waals surface area contributed by atoms with Crippen molar-refractivity contribution in [1.82, 2.24) is 14.8 Å². The standard InChI is InChI=1S/C17H17ClN4O2/c1-4-24-12-7-5-11(6-8-12)20-17(23)13-9-19-16-14(15(13)18)10(2)21-22(16)3/h5-9H,4H2,1-3H3,(H,20,23). The zero-order chi connectivity index (χ0) is 17.3. The molecule has 0 radical (unpaired) electrons. The van der Waals surface area contributed by atoms with E-state index < -0.39 is 0 Å². The van der Waals surface area contributed by atoms with Gasteiger partial charge in [0, 0.05) is 18.9 Å². The van der Waals surface area contributed by atoms with Gasteiger partial charge in [-0.2, -0.15) is 5.10 Å². The Hall–Kier alpha value is -2.60. The van der Waals surface area contributed by atoms with Crippen molar-refractivity contribution in [2.75, 3.05) is 11.9 Å². The van der Waals surface area contributed by atoms with Crippen LogP contribution in [0, 0.1) is 6.92 Å². The van der Waals surface area contributed by atoms with Gasteiger partial charge < -0.3 is 10.1 Å². The first kappa shape index (κ1) is 16.3. The highest BCUT2D eigenvalue weighted by Crippen LogP contribution is 2.28. The van der Waals surface area contributed by atoms with Crippen LogP contribution in [0.25, 0.3) is 11.0 Å². The maximum Gasteiger partial charge on any atom is 0.258 e. The second-order valence-corrected chi connectivity index (χ2v) is 5.68. The topological polar surface area (TPSA) is 69.0 Å². The van der Waals surface area contributed by atoms with E-state index in [1.807, 2.05) is 13.8 Å². The molecule has 7 heteroatoms. The first-order chi connectivity index (χ1) is 11.5. The van der Waals surface area contributed by atoms with Gasteiger partial charge in [-0.1, -0.05) is 11.6 Å². The normalized spacial score (nSPS) is 10.8. The lowest BCUT2D eigenvalue weighted by molar-refractivity contribution is 0.102. The van der Waals surface area contributed by atoms with Gasteiger partial charge in [0.1, 0.15) is 5.75 Å². The summed E-state index contributed by atoms with van der Waals surface area (Å²) in [7, 11) is 1.79. The first-order valence-corrected chi connectivity index (χ1v) is 7.91. The van der Waals surface area contributed by atoms with E-state index in [0.29, 0.717) is 33.9 Å². The predicted octanol–water partition coefficient (Wildman–Crippen LogP) is 3.58. The molecule has 3 aromatic rings. The van der Waals surface area contributed by atoms with Gasteiger partial charge in [-0.05, 0) is 38.1 Å². The molecule has 0 atom stereocenters. The van der Waals surface area contributed by atoms with Crippen LogP contribution >= 0.6 is 11.6 Å². The van der Waals surface area contributed by atoms with E-state index in [-0.39, 0.29) is 5.91 Å². The summed E-state index contributed by atoms with van der Waals surface area (Å²) in [6.07, 6.45) is 1.47. The number of pyridine rings is 1. The highest BCUT2D eigenvalue weighted by molar-refractivity contribution is 6.39. The lowest BCUT2D eigenvalue weighted by atomic mass is 10.2. The van der Waals surface area contributed by atoms with Crippen molar-refractivity contribution in [2.24, 2.45) is 7.05 Å². The van der Waals surface area contributed by atoms with Gasteiger partial charge in [0.2, 0.25) is 0 Å². The van der Waals surface area contributed by atoms with Crippen LogP contribution in [-0.4, -0.2) is 27.3 Å². The summed E-state index contributed by atoms with van der Waals surface area (Å²) in [5.74, 6) is 0.435. The van der Waals surface area contributed by atoms with Gasteiger partial charge in [-0.15, -0.1) is 0 Å². The number of rotatable bonds is 4. The third-order valence-corrected chi connectivity index (χ3v) is 4.02. The summed E-state index contributed by atoms with van der Waals surface area (Å²) in [4.78, 5) is 16.8. The molecule has 0 spiro atoms. The van der Waals surface area contributed by atoms with Crippen molar-refractivity contribution in [3.8, 4) is 5.75 Å². The van der Waals surface area contributed by atoms with Crippen molar-refractivity contribution < 1.29 is 9.53 Å². The van der Waals surface area contributed by atoms with E-state index in [0.717, 1.165) is 11.4 Å². The molecule has 6 nitrogen and oxygen atoms in total. The zero-order valence-electron chi connectivity index (χ0n) is 13.6. The number of amides is 1. The number of anilines is 1. The molecule has 0 bridgehead atoms. The monoisotopic (exact) mass is 344 g/mol. The number of benzene rings is 1. The third-order valence-electron chi connectivity index (χ3n) is 3.63. The SMILES string of the molecule is CCOc1ccc(NC(=O)c2cnc3c(c(C)nn3C)c2Cl)cc1. The number of aromatic nitrogens is 3. The molecule has 0 unspecified atom stereocenters. The van der Waals surface area contributed by atoms with Crippen LogP contribution < -0.4 is 10.1 Å². The Bertz CT molecular complexity index is 903. The average molecular weight is 345 g/mol. The van der Waals surface area contributed by atoms with Gasteiger partial charge >= 0.3 is 0 Å². The fourth-order valence-electron chi connectivity index (χ4n) is 2.53. The lowest BCUT2D eigenvalue weighted by Gasteiger charge is -2.08. The number of halogens is 1. The van der Waals surface area contributed by atoms with Crippen LogP contribution in [0.3, 0.4) is 0 Å². The minimum Gasteiger partial charge on any atom is -0.494 e. The number of fused-ring (bicyclic) bond motifs is 1. The van der Waals surface area contributed by atoms with Crippen molar-refractivity contribution in [2.45, 2.75) is 13.8 Å². The summed E-state index contributed by atoms with van der Waals surface area (Å²) in [6.45, 7) is 4.35. The number of carbonyl (C=O) groups excluding carboxylic acids is 1. The molecule has 1 aromatic carbocycles. The quantitative estimate of drug-likeness (QED) is 0.785.